The maximum absolute atomic E-state index is 14.4. The average Bonchev–Trinajstić information content (AvgIpc) is 2.47. The first-order valence-corrected chi connectivity index (χ1v) is 8.01. The Hall–Kier alpha value is -2.11. The van der Waals surface area contributed by atoms with Crippen molar-refractivity contribution in [2.45, 2.75) is 45.1 Å². The minimum absolute atomic E-state index is 0.133. The van der Waals surface area contributed by atoms with E-state index in [0.717, 1.165) is 0 Å². The Labute approximate surface area is 141 Å². The predicted molar refractivity (Wildman–Crippen MR) is 87.3 cm³/mol. The number of hydrogen-bond donors (Lipinski definition) is 1. The van der Waals surface area contributed by atoms with E-state index >= 15 is 0 Å². The molecule has 132 valence electrons. The van der Waals surface area contributed by atoms with Gasteiger partial charge in [-0.25, -0.2) is 4.39 Å². The first-order valence-electron chi connectivity index (χ1n) is 8.01. The maximum atomic E-state index is 14.4. The second-order valence-electron chi connectivity index (χ2n) is 7.05. The fourth-order valence-corrected chi connectivity index (χ4v) is 2.94. The van der Waals surface area contributed by atoms with Crippen LogP contribution in [0, 0.1) is 11.7 Å². The molecule has 1 aliphatic heterocycles. The number of carbonyl (C=O) groups excluding carboxylic acids is 2. The van der Waals surface area contributed by atoms with Gasteiger partial charge in [-0.3, -0.25) is 9.59 Å². The number of ether oxygens (including phenoxy) is 2. The summed E-state index contributed by atoms with van der Waals surface area (Å²) < 4.78 is 24.8. The zero-order valence-corrected chi connectivity index (χ0v) is 14.5. The van der Waals surface area contributed by atoms with Crippen LogP contribution in [0.3, 0.4) is 0 Å². The zero-order valence-electron chi connectivity index (χ0n) is 14.5. The highest BCUT2D eigenvalue weighted by Gasteiger charge is 2.34. The van der Waals surface area contributed by atoms with Crippen molar-refractivity contribution in [2.24, 2.45) is 5.92 Å². The Morgan fingerprint density at radius 2 is 2.08 bits per heavy atom. The van der Waals surface area contributed by atoms with E-state index in [-0.39, 0.29) is 36.6 Å². The molecule has 5 nitrogen and oxygen atoms in total. The summed E-state index contributed by atoms with van der Waals surface area (Å²) in [6.07, 6.45) is 0.282. The van der Waals surface area contributed by atoms with Crippen LogP contribution < -0.4 is 10.1 Å². The molecule has 1 amide bonds. The van der Waals surface area contributed by atoms with Gasteiger partial charge >= 0.3 is 5.97 Å². The molecule has 2 atom stereocenters. The molecule has 2 rings (SSSR count). The van der Waals surface area contributed by atoms with Gasteiger partial charge in [0, 0.05) is 24.9 Å². The number of nitrogens with one attached hydrogen (secondary N) is 1. The summed E-state index contributed by atoms with van der Waals surface area (Å²) in [5.41, 5.74) is -0.144. The summed E-state index contributed by atoms with van der Waals surface area (Å²) in [6, 6.07) is 4.58. The molecule has 1 N–H and O–H groups in total. The van der Waals surface area contributed by atoms with Crippen LogP contribution in [0.15, 0.2) is 18.2 Å². The Morgan fingerprint density at radius 3 is 2.67 bits per heavy atom. The molecule has 1 aromatic rings. The molecule has 0 aliphatic carbocycles. The molecule has 24 heavy (non-hydrogen) atoms. The lowest BCUT2D eigenvalue weighted by atomic mass is 9.79. The van der Waals surface area contributed by atoms with Gasteiger partial charge in [-0.2, -0.15) is 0 Å². The zero-order chi connectivity index (χ0) is 17.9. The van der Waals surface area contributed by atoms with Crippen LogP contribution in [0.4, 0.5) is 4.39 Å². The molecule has 0 spiro atoms. The van der Waals surface area contributed by atoms with Gasteiger partial charge in [0.25, 0.3) is 0 Å². The van der Waals surface area contributed by atoms with E-state index in [9.17, 15) is 14.0 Å². The number of benzene rings is 1. The van der Waals surface area contributed by atoms with E-state index < -0.39 is 11.4 Å². The molecule has 1 unspecified atom stereocenters. The number of piperidine rings is 1. The van der Waals surface area contributed by atoms with E-state index in [1.807, 2.05) is 0 Å². The molecular weight excluding hydrogens is 313 g/mol. The molecule has 0 saturated carbocycles. The molecule has 6 heteroatoms. The fourth-order valence-electron chi connectivity index (χ4n) is 2.94. The molecular formula is C18H24FNO4. The Morgan fingerprint density at radius 1 is 1.38 bits per heavy atom. The largest absolute Gasteiger partial charge is 0.497 e. The number of amides is 1. The number of hydrogen-bond acceptors (Lipinski definition) is 4. The quantitative estimate of drug-likeness (QED) is 0.858. The summed E-state index contributed by atoms with van der Waals surface area (Å²) in [4.78, 5) is 23.9. The highest BCUT2D eigenvalue weighted by atomic mass is 19.1. The van der Waals surface area contributed by atoms with Gasteiger partial charge in [-0.1, -0.05) is 6.07 Å². The first-order chi connectivity index (χ1) is 11.2. The van der Waals surface area contributed by atoms with Gasteiger partial charge in [-0.15, -0.1) is 0 Å². The van der Waals surface area contributed by atoms with Crippen LogP contribution in [0.5, 0.6) is 5.75 Å². The average molecular weight is 337 g/mol. The van der Waals surface area contributed by atoms with Crippen molar-refractivity contribution in [1.82, 2.24) is 5.32 Å². The van der Waals surface area contributed by atoms with Crippen LogP contribution in [0.25, 0.3) is 0 Å². The van der Waals surface area contributed by atoms with Crippen LogP contribution in [-0.2, 0) is 14.3 Å². The van der Waals surface area contributed by atoms with Crippen molar-refractivity contribution in [2.75, 3.05) is 13.7 Å². The molecule has 1 fully saturated rings. The Kier molecular flexibility index (Phi) is 5.47. The number of esters is 1. The van der Waals surface area contributed by atoms with Crippen molar-refractivity contribution in [1.29, 1.82) is 0 Å². The van der Waals surface area contributed by atoms with Gasteiger partial charge in [0.05, 0.1) is 13.5 Å². The van der Waals surface area contributed by atoms with E-state index in [4.69, 9.17) is 9.47 Å². The number of carbonyl (C=O) groups is 2. The SMILES string of the molecule is COc1ccc(C2CC(=O)NC[C@H]2CC(=O)OC(C)(C)C)c(F)c1. The van der Waals surface area contributed by atoms with Crippen LogP contribution in [0.1, 0.15) is 45.1 Å². The smallest absolute Gasteiger partial charge is 0.306 e. The number of halogens is 1. The third-order valence-corrected chi connectivity index (χ3v) is 3.99. The van der Waals surface area contributed by atoms with Crippen LogP contribution >= 0.6 is 0 Å². The van der Waals surface area contributed by atoms with Gasteiger partial charge in [0.2, 0.25) is 5.91 Å². The van der Waals surface area contributed by atoms with E-state index in [1.54, 1.807) is 32.9 Å². The van der Waals surface area contributed by atoms with Gasteiger partial charge in [0.1, 0.15) is 17.2 Å². The van der Waals surface area contributed by atoms with Gasteiger partial charge < -0.3 is 14.8 Å². The van der Waals surface area contributed by atoms with Gasteiger partial charge in [-0.05, 0) is 38.3 Å². The summed E-state index contributed by atoms with van der Waals surface area (Å²) in [7, 11) is 1.47. The molecule has 1 heterocycles. The van der Waals surface area contributed by atoms with Gasteiger partial charge in [0.15, 0.2) is 0 Å². The summed E-state index contributed by atoms with van der Waals surface area (Å²) in [5.74, 6) is -1.07. The Bertz CT molecular complexity index is 624. The van der Waals surface area contributed by atoms with E-state index in [2.05, 4.69) is 5.32 Å². The lowest BCUT2D eigenvalue weighted by Gasteiger charge is -2.32. The minimum atomic E-state index is -0.574. The van der Waals surface area contributed by atoms with Crippen LogP contribution in [-0.4, -0.2) is 31.1 Å². The maximum Gasteiger partial charge on any atom is 0.306 e. The van der Waals surface area contributed by atoms with E-state index in [0.29, 0.717) is 17.9 Å². The minimum Gasteiger partial charge on any atom is -0.497 e. The van der Waals surface area contributed by atoms with Crippen molar-refractivity contribution in [3.8, 4) is 5.75 Å². The molecule has 1 aromatic carbocycles. The van der Waals surface area contributed by atoms with Crippen molar-refractivity contribution in [3.63, 3.8) is 0 Å². The standard InChI is InChI=1S/C18H24FNO4/c1-18(2,3)24-17(22)7-11-10-20-16(21)9-14(11)13-6-5-12(23-4)8-15(13)19/h5-6,8,11,14H,7,9-10H2,1-4H3,(H,20,21)/t11-,14?/m1/s1. The third kappa shape index (κ3) is 4.69. The Balaban J connectivity index is 2.20. The molecule has 0 radical (unpaired) electrons. The number of methoxy groups -OCH3 is 1. The molecule has 1 aliphatic rings. The summed E-state index contributed by atoms with van der Waals surface area (Å²) in [6.45, 7) is 5.73. The van der Waals surface area contributed by atoms with E-state index in [1.165, 1.54) is 13.2 Å². The number of rotatable bonds is 4. The first kappa shape index (κ1) is 18.2. The normalized spacial score (nSPS) is 21.1. The highest BCUT2D eigenvalue weighted by molar-refractivity contribution is 5.78. The predicted octanol–water partition coefficient (Wildman–Crippen LogP) is 2.79. The van der Waals surface area contributed by atoms with Crippen molar-refractivity contribution >= 4 is 11.9 Å². The molecule has 0 aromatic heterocycles. The van der Waals surface area contributed by atoms with Crippen LogP contribution in [0.2, 0.25) is 0 Å². The lowest BCUT2D eigenvalue weighted by molar-refractivity contribution is -0.156. The topological polar surface area (TPSA) is 64.6 Å². The van der Waals surface area contributed by atoms with Crippen molar-refractivity contribution in [3.05, 3.63) is 29.6 Å². The third-order valence-electron chi connectivity index (χ3n) is 3.99. The summed E-state index contributed by atoms with van der Waals surface area (Å²) >= 11 is 0. The van der Waals surface area contributed by atoms with Crippen molar-refractivity contribution < 1.29 is 23.5 Å². The highest BCUT2D eigenvalue weighted by Crippen LogP contribution is 2.36. The monoisotopic (exact) mass is 337 g/mol. The second-order valence-corrected chi connectivity index (χ2v) is 7.05. The molecule has 0 bridgehead atoms. The summed E-state index contributed by atoms with van der Waals surface area (Å²) in [5, 5.41) is 2.75. The fraction of sp³-hybridized carbons (Fsp3) is 0.556. The molecule has 1 saturated heterocycles. The lowest BCUT2D eigenvalue weighted by Crippen LogP contribution is -2.41. The second kappa shape index (κ2) is 7.20.